The SMILES string of the molecule is CN1CCN(S(=O)(=O)c2ccc(C#N)s2)C(C)(C)C1=O. The van der Waals surface area contributed by atoms with Crippen LogP contribution < -0.4 is 0 Å². The molecular weight excluding hydrogens is 298 g/mol. The third kappa shape index (κ3) is 2.22. The third-order valence-electron chi connectivity index (χ3n) is 3.37. The fourth-order valence-corrected chi connectivity index (χ4v) is 5.20. The first-order chi connectivity index (χ1) is 9.21. The molecule has 0 bridgehead atoms. The molecule has 1 amide bonds. The number of carbonyl (C=O) groups excluding carboxylic acids is 1. The Labute approximate surface area is 122 Å². The van der Waals surface area contributed by atoms with Crippen LogP contribution in [0.3, 0.4) is 0 Å². The molecule has 1 aromatic rings. The van der Waals surface area contributed by atoms with Gasteiger partial charge in [0.15, 0.2) is 0 Å². The summed E-state index contributed by atoms with van der Waals surface area (Å²) in [7, 11) is -2.10. The van der Waals surface area contributed by atoms with Crippen LogP contribution in [0.5, 0.6) is 0 Å². The zero-order valence-corrected chi connectivity index (χ0v) is 13.1. The molecule has 2 heterocycles. The lowest BCUT2D eigenvalue weighted by Crippen LogP contribution is -2.63. The van der Waals surface area contributed by atoms with E-state index in [2.05, 4.69) is 0 Å². The maximum absolute atomic E-state index is 12.6. The number of rotatable bonds is 2. The first kappa shape index (κ1) is 15.0. The molecule has 1 fully saturated rings. The van der Waals surface area contributed by atoms with E-state index in [-0.39, 0.29) is 16.7 Å². The van der Waals surface area contributed by atoms with Crippen molar-refractivity contribution in [3.05, 3.63) is 17.0 Å². The van der Waals surface area contributed by atoms with E-state index in [1.165, 1.54) is 21.3 Å². The molecular formula is C12H15N3O3S2. The highest BCUT2D eigenvalue weighted by Crippen LogP contribution is 2.32. The monoisotopic (exact) mass is 313 g/mol. The molecule has 1 saturated heterocycles. The Kier molecular flexibility index (Phi) is 3.62. The summed E-state index contributed by atoms with van der Waals surface area (Å²) in [4.78, 5) is 14.0. The smallest absolute Gasteiger partial charge is 0.253 e. The van der Waals surface area contributed by atoms with Crippen molar-refractivity contribution < 1.29 is 13.2 Å². The van der Waals surface area contributed by atoms with Crippen LogP contribution in [0, 0.1) is 11.3 Å². The highest BCUT2D eigenvalue weighted by molar-refractivity contribution is 7.91. The molecule has 0 aromatic carbocycles. The number of piperazine rings is 1. The first-order valence-electron chi connectivity index (χ1n) is 5.99. The number of amides is 1. The standard InChI is InChI=1S/C12H15N3O3S2/c1-12(2)11(16)14(3)6-7-15(12)20(17,18)10-5-4-9(8-13)19-10/h4-5H,6-7H2,1-3H3. The fraction of sp³-hybridized carbons (Fsp3) is 0.500. The number of nitriles is 1. The summed E-state index contributed by atoms with van der Waals surface area (Å²) in [5.41, 5.74) is -1.12. The summed E-state index contributed by atoms with van der Waals surface area (Å²) in [5, 5.41) is 8.80. The molecule has 0 saturated carbocycles. The van der Waals surface area contributed by atoms with Gasteiger partial charge in [0.05, 0.1) is 0 Å². The number of sulfonamides is 1. The predicted molar refractivity (Wildman–Crippen MR) is 74.6 cm³/mol. The summed E-state index contributed by atoms with van der Waals surface area (Å²) in [5.74, 6) is -0.232. The number of carbonyl (C=O) groups is 1. The minimum Gasteiger partial charge on any atom is -0.343 e. The lowest BCUT2D eigenvalue weighted by Gasteiger charge is -2.43. The summed E-state index contributed by atoms with van der Waals surface area (Å²) in [6.07, 6.45) is 0. The molecule has 0 spiro atoms. The van der Waals surface area contributed by atoms with Crippen LogP contribution in [0.2, 0.25) is 0 Å². The Bertz CT molecular complexity index is 685. The normalized spacial score (nSPS) is 19.9. The third-order valence-corrected chi connectivity index (χ3v) is 6.90. The van der Waals surface area contributed by atoms with Gasteiger partial charge < -0.3 is 4.90 Å². The average Bonchev–Trinajstić information content (AvgIpc) is 2.85. The molecule has 108 valence electrons. The topological polar surface area (TPSA) is 81.5 Å². The van der Waals surface area contributed by atoms with E-state index in [9.17, 15) is 13.2 Å². The Balaban J connectivity index is 2.44. The van der Waals surface area contributed by atoms with Crippen molar-refractivity contribution in [2.75, 3.05) is 20.1 Å². The van der Waals surface area contributed by atoms with Crippen molar-refractivity contribution in [2.45, 2.75) is 23.6 Å². The summed E-state index contributed by atoms with van der Waals surface area (Å²) in [6.45, 7) is 3.80. The number of hydrogen-bond acceptors (Lipinski definition) is 5. The van der Waals surface area contributed by atoms with Gasteiger partial charge in [0.1, 0.15) is 20.7 Å². The van der Waals surface area contributed by atoms with Crippen LogP contribution in [0.15, 0.2) is 16.3 Å². The Hall–Kier alpha value is -1.43. The zero-order chi connectivity index (χ0) is 15.1. The van der Waals surface area contributed by atoms with Gasteiger partial charge in [-0.25, -0.2) is 8.42 Å². The van der Waals surface area contributed by atoms with Crippen molar-refractivity contribution in [3.8, 4) is 6.07 Å². The second kappa shape index (κ2) is 4.84. The highest BCUT2D eigenvalue weighted by Gasteiger charge is 2.47. The predicted octanol–water partition coefficient (Wildman–Crippen LogP) is 0.861. The number of hydrogen-bond donors (Lipinski definition) is 0. The van der Waals surface area contributed by atoms with Gasteiger partial charge in [-0.1, -0.05) is 0 Å². The second-order valence-electron chi connectivity index (χ2n) is 5.09. The molecule has 0 aliphatic carbocycles. The molecule has 0 radical (unpaired) electrons. The van der Waals surface area contributed by atoms with E-state index in [4.69, 9.17) is 5.26 Å². The molecule has 6 nitrogen and oxygen atoms in total. The molecule has 2 rings (SSSR count). The van der Waals surface area contributed by atoms with E-state index < -0.39 is 15.6 Å². The molecule has 20 heavy (non-hydrogen) atoms. The molecule has 1 aromatic heterocycles. The van der Waals surface area contributed by atoms with E-state index in [0.717, 1.165) is 11.3 Å². The van der Waals surface area contributed by atoms with Crippen molar-refractivity contribution in [3.63, 3.8) is 0 Å². The summed E-state index contributed by atoms with van der Waals surface area (Å²) < 4.78 is 26.6. The number of nitrogens with zero attached hydrogens (tertiary/aromatic N) is 3. The van der Waals surface area contributed by atoms with E-state index in [1.54, 1.807) is 20.9 Å². The van der Waals surface area contributed by atoms with Crippen LogP contribution >= 0.6 is 11.3 Å². The number of likely N-dealkylation sites (N-methyl/N-ethyl adjacent to an activating group) is 1. The van der Waals surface area contributed by atoms with E-state index in [0.29, 0.717) is 11.4 Å². The maximum atomic E-state index is 12.6. The van der Waals surface area contributed by atoms with Gasteiger partial charge in [-0.3, -0.25) is 4.79 Å². The van der Waals surface area contributed by atoms with Crippen molar-refractivity contribution in [1.29, 1.82) is 5.26 Å². The van der Waals surface area contributed by atoms with Crippen molar-refractivity contribution >= 4 is 27.3 Å². The van der Waals surface area contributed by atoms with E-state index >= 15 is 0 Å². The van der Waals surface area contributed by atoms with Gasteiger partial charge in [0.2, 0.25) is 5.91 Å². The van der Waals surface area contributed by atoms with Gasteiger partial charge in [-0.05, 0) is 26.0 Å². The van der Waals surface area contributed by atoms with E-state index in [1.807, 2.05) is 6.07 Å². The Morgan fingerprint density at radius 2 is 2.00 bits per heavy atom. The summed E-state index contributed by atoms with van der Waals surface area (Å²) in [6, 6.07) is 4.81. The molecule has 0 atom stereocenters. The zero-order valence-electron chi connectivity index (χ0n) is 11.5. The summed E-state index contributed by atoms with van der Waals surface area (Å²) >= 11 is 0.921. The largest absolute Gasteiger partial charge is 0.343 e. The first-order valence-corrected chi connectivity index (χ1v) is 8.25. The van der Waals surface area contributed by atoms with Crippen LogP contribution in [-0.4, -0.2) is 49.2 Å². The van der Waals surface area contributed by atoms with Crippen LogP contribution in [0.1, 0.15) is 18.7 Å². The molecule has 1 aliphatic rings. The molecule has 0 N–H and O–H groups in total. The quantitative estimate of drug-likeness (QED) is 0.811. The second-order valence-corrected chi connectivity index (χ2v) is 8.27. The number of thiophene rings is 1. The average molecular weight is 313 g/mol. The Morgan fingerprint density at radius 1 is 1.35 bits per heavy atom. The highest BCUT2D eigenvalue weighted by atomic mass is 32.2. The lowest BCUT2D eigenvalue weighted by molar-refractivity contribution is -0.142. The van der Waals surface area contributed by atoms with Gasteiger partial charge >= 0.3 is 0 Å². The maximum Gasteiger partial charge on any atom is 0.253 e. The van der Waals surface area contributed by atoms with Crippen LogP contribution in [-0.2, 0) is 14.8 Å². The van der Waals surface area contributed by atoms with Crippen LogP contribution in [0.4, 0.5) is 0 Å². The Morgan fingerprint density at radius 3 is 2.55 bits per heavy atom. The minimum atomic E-state index is -3.76. The fourth-order valence-electron chi connectivity index (χ4n) is 2.24. The van der Waals surface area contributed by atoms with Crippen molar-refractivity contribution in [1.82, 2.24) is 9.21 Å². The van der Waals surface area contributed by atoms with Gasteiger partial charge in [0.25, 0.3) is 10.0 Å². The van der Waals surface area contributed by atoms with Gasteiger partial charge in [-0.2, -0.15) is 9.57 Å². The van der Waals surface area contributed by atoms with Gasteiger partial charge in [0, 0.05) is 20.1 Å². The lowest BCUT2D eigenvalue weighted by atomic mass is 10.0. The molecule has 0 unspecified atom stereocenters. The minimum absolute atomic E-state index is 0.0967. The van der Waals surface area contributed by atoms with Crippen molar-refractivity contribution in [2.24, 2.45) is 0 Å². The van der Waals surface area contributed by atoms with Gasteiger partial charge in [-0.15, -0.1) is 11.3 Å². The molecule has 8 heteroatoms. The molecule has 1 aliphatic heterocycles. The van der Waals surface area contributed by atoms with Crippen LogP contribution in [0.25, 0.3) is 0 Å².